The summed E-state index contributed by atoms with van der Waals surface area (Å²) in [6, 6.07) is 3.23. The maximum atomic E-state index is 13.6. The standard InChI is InChI=1S/C26H33BrF3N7O4/c1-6-18-20(34-9-11-35(12-10-34)24(40)41-25(3,4)5)21(39)37-23(32-22(27)33-37)36(18)14-19(38)31-17-8-7-16(13-15(17)2)26(28,29)30/h7-8,13,19,31,38H,6,9-12,14H2,1-5H3. The van der Waals surface area contributed by atoms with E-state index in [9.17, 15) is 27.9 Å². The summed E-state index contributed by atoms with van der Waals surface area (Å²) in [6.07, 6.45) is -5.73. The number of hydrogen-bond donors (Lipinski definition) is 2. The van der Waals surface area contributed by atoms with Crippen LogP contribution in [0.4, 0.5) is 29.3 Å². The Morgan fingerprint density at radius 3 is 2.41 bits per heavy atom. The van der Waals surface area contributed by atoms with E-state index in [0.717, 1.165) is 16.6 Å². The van der Waals surface area contributed by atoms with Crippen molar-refractivity contribution >= 4 is 39.2 Å². The molecule has 0 saturated carbocycles. The first-order valence-corrected chi connectivity index (χ1v) is 13.9. The van der Waals surface area contributed by atoms with Crippen LogP contribution >= 0.6 is 15.9 Å². The van der Waals surface area contributed by atoms with Crippen molar-refractivity contribution < 1.29 is 27.8 Å². The van der Waals surface area contributed by atoms with Gasteiger partial charge < -0.3 is 29.5 Å². The number of halogens is 4. The largest absolute Gasteiger partial charge is 0.444 e. The number of carbonyl (C=O) groups excluding carboxylic acids is 1. The van der Waals surface area contributed by atoms with E-state index < -0.39 is 35.2 Å². The average molecular weight is 644 g/mol. The molecule has 1 saturated heterocycles. The lowest BCUT2D eigenvalue weighted by molar-refractivity contribution is -0.137. The lowest BCUT2D eigenvalue weighted by Crippen LogP contribution is -2.51. The molecule has 11 nitrogen and oxygen atoms in total. The molecule has 1 aliphatic heterocycles. The van der Waals surface area contributed by atoms with E-state index in [2.05, 4.69) is 31.3 Å². The second-order valence-electron chi connectivity index (χ2n) is 10.8. The molecule has 3 aromatic rings. The van der Waals surface area contributed by atoms with Gasteiger partial charge in [-0.3, -0.25) is 4.79 Å². The molecule has 1 aromatic carbocycles. The number of aromatic nitrogens is 4. The van der Waals surface area contributed by atoms with E-state index in [-0.39, 0.29) is 17.1 Å². The topological polar surface area (TPSA) is 117 Å². The van der Waals surface area contributed by atoms with Crippen molar-refractivity contribution in [2.24, 2.45) is 0 Å². The molecule has 2 aromatic heterocycles. The van der Waals surface area contributed by atoms with E-state index in [4.69, 9.17) is 4.74 Å². The number of piperazine rings is 1. The number of nitrogens with zero attached hydrogens (tertiary/aromatic N) is 6. The van der Waals surface area contributed by atoms with Crippen LogP contribution in [-0.2, 0) is 23.9 Å². The van der Waals surface area contributed by atoms with Crippen LogP contribution in [0.3, 0.4) is 0 Å². The Bertz CT molecular complexity index is 1490. The zero-order valence-corrected chi connectivity index (χ0v) is 25.0. The van der Waals surface area contributed by atoms with Gasteiger partial charge in [-0.2, -0.15) is 22.7 Å². The zero-order valence-electron chi connectivity index (χ0n) is 23.4. The van der Waals surface area contributed by atoms with Gasteiger partial charge >= 0.3 is 12.3 Å². The summed E-state index contributed by atoms with van der Waals surface area (Å²) in [4.78, 5) is 34.0. The van der Waals surface area contributed by atoms with Gasteiger partial charge in [0.2, 0.25) is 10.5 Å². The highest BCUT2D eigenvalue weighted by atomic mass is 79.9. The molecule has 1 amide bonds. The molecule has 224 valence electrons. The molecule has 0 bridgehead atoms. The number of alkyl halides is 3. The van der Waals surface area contributed by atoms with Gasteiger partial charge in [0.1, 0.15) is 17.5 Å². The number of aryl methyl sites for hydroxylation is 1. The highest BCUT2D eigenvalue weighted by Crippen LogP contribution is 2.32. The van der Waals surface area contributed by atoms with Crippen LogP contribution in [-0.4, -0.2) is 73.3 Å². The number of aliphatic hydroxyl groups is 1. The van der Waals surface area contributed by atoms with Gasteiger partial charge in [-0.05, 0) is 73.8 Å². The first kappa shape index (κ1) is 30.6. The normalized spacial score (nSPS) is 15.4. The molecule has 0 spiro atoms. The summed E-state index contributed by atoms with van der Waals surface area (Å²) < 4.78 is 47.7. The SMILES string of the molecule is CCc1c(N2CCN(C(=O)OC(C)(C)C)CC2)c(=O)n2nc(Br)nc2n1CC(O)Nc1ccc(C(F)(F)F)cc1C. The summed E-state index contributed by atoms with van der Waals surface area (Å²) in [5.74, 6) is 0.194. The Balaban J connectivity index is 1.63. The number of amides is 1. The molecule has 4 rings (SSSR count). The molecule has 0 aliphatic carbocycles. The van der Waals surface area contributed by atoms with Crippen molar-refractivity contribution in [1.29, 1.82) is 0 Å². The minimum Gasteiger partial charge on any atom is -0.444 e. The summed E-state index contributed by atoms with van der Waals surface area (Å²) in [5, 5.41) is 18.0. The molecule has 1 aliphatic rings. The van der Waals surface area contributed by atoms with Gasteiger partial charge in [0.05, 0.1) is 12.1 Å². The Morgan fingerprint density at radius 2 is 1.85 bits per heavy atom. The number of rotatable bonds is 6. The van der Waals surface area contributed by atoms with Gasteiger partial charge in [0.25, 0.3) is 5.56 Å². The Kier molecular flexibility index (Phi) is 8.60. The summed E-state index contributed by atoms with van der Waals surface area (Å²) in [7, 11) is 0. The fourth-order valence-corrected chi connectivity index (χ4v) is 5.09. The van der Waals surface area contributed by atoms with Crippen molar-refractivity contribution in [3.8, 4) is 0 Å². The number of anilines is 2. The monoisotopic (exact) mass is 643 g/mol. The smallest absolute Gasteiger partial charge is 0.416 e. The lowest BCUT2D eigenvalue weighted by atomic mass is 10.1. The van der Waals surface area contributed by atoms with Crippen LogP contribution in [0.15, 0.2) is 27.7 Å². The number of benzene rings is 1. The van der Waals surface area contributed by atoms with Crippen molar-refractivity contribution in [1.82, 2.24) is 24.1 Å². The Morgan fingerprint density at radius 1 is 1.20 bits per heavy atom. The summed E-state index contributed by atoms with van der Waals surface area (Å²) in [6.45, 7) is 10.1. The first-order chi connectivity index (χ1) is 19.1. The predicted molar refractivity (Wildman–Crippen MR) is 150 cm³/mol. The molecular weight excluding hydrogens is 611 g/mol. The minimum atomic E-state index is -4.48. The molecule has 1 atom stereocenters. The summed E-state index contributed by atoms with van der Waals surface area (Å²) >= 11 is 3.22. The van der Waals surface area contributed by atoms with E-state index in [1.54, 1.807) is 30.2 Å². The molecule has 1 fully saturated rings. The molecule has 15 heteroatoms. The third kappa shape index (κ3) is 6.77. The minimum absolute atomic E-state index is 0.0799. The Hall–Kier alpha value is -3.33. The Labute approximate surface area is 243 Å². The van der Waals surface area contributed by atoms with Crippen LogP contribution in [0.25, 0.3) is 5.78 Å². The van der Waals surface area contributed by atoms with E-state index >= 15 is 0 Å². The maximum absolute atomic E-state index is 13.6. The van der Waals surface area contributed by atoms with Crippen LogP contribution in [0.5, 0.6) is 0 Å². The van der Waals surface area contributed by atoms with Crippen LogP contribution in [0, 0.1) is 6.92 Å². The van der Waals surface area contributed by atoms with Crippen LogP contribution in [0.1, 0.15) is 44.5 Å². The van der Waals surface area contributed by atoms with Crippen molar-refractivity contribution in [2.45, 2.75) is 65.6 Å². The van der Waals surface area contributed by atoms with Crippen molar-refractivity contribution in [2.75, 3.05) is 36.4 Å². The second-order valence-corrected chi connectivity index (χ2v) is 11.5. The van der Waals surface area contributed by atoms with E-state index in [1.165, 1.54) is 13.0 Å². The number of hydrogen-bond acceptors (Lipinski definition) is 8. The maximum Gasteiger partial charge on any atom is 0.416 e. The molecule has 2 N–H and O–H groups in total. The molecule has 1 unspecified atom stereocenters. The van der Waals surface area contributed by atoms with Gasteiger partial charge in [-0.15, -0.1) is 5.10 Å². The number of ether oxygens (including phenoxy) is 1. The zero-order chi connectivity index (χ0) is 30.3. The van der Waals surface area contributed by atoms with Crippen LogP contribution in [0.2, 0.25) is 0 Å². The molecule has 41 heavy (non-hydrogen) atoms. The fraction of sp³-hybridized carbons (Fsp3) is 0.538. The van der Waals surface area contributed by atoms with Gasteiger partial charge in [0, 0.05) is 37.6 Å². The van der Waals surface area contributed by atoms with Crippen LogP contribution < -0.4 is 15.8 Å². The van der Waals surface area contributed by atoms with Gasteiger partial charge in [-0.1, -0.05) is 6.92 Å². The molecule has 3 heterocycles. The highest BCUT2D eigenvalue weighted by Gasteiger charge is 2.32. The lowest BCUT2D eigenvalue weighted by Gasteiger charge is -2.37. The molecular formula is C26H33BrF3N7O4. The van der Waals surface area contributed by atoms with Crippen molar-refractivity contribution in [3.05, 3.63) is 50.1 Å². The fourth-order valence-electron chi connectivity index (χ4n) is 4.77. The first-order valence-electron chi connectivity index (χ1n) is 13.1. The summed E-state index contributed by atoms with van der Waals surface area (Å²) in [5.41, 5.74) is -0.183. The van der Waals surface area contributed by atoms with Gasteiger partial charge in [-0.25, -0.2) is 4.79 Å². The highest BCUT2D eigenvalue weighted by molar-refractivity contribution is 9.10. The average Bonchev–Trinajstić information content (AvgIpc) is 3.27. The van der Waals surface area contributed by atoms with E-state index in [0.29, 0.717) is 55.2 Å². The number of nitrogens with one attached hydrogen (secondary N) is 1. The second kappa shape index (κ2) is 11.5. The van der Waals surface area contributed by atoms with Gasteiger partial charge in [0.15, 0.2) is 0 Å². The quantitative estimate of drug-likeness (QED) is 0.387. The van der Waals surface area contributed by atoms with E-state index in [1.807, 2.05) is 11.8 Å². The number of fused-ring (bicyclic) bond motifs is 1. The molecule has 0 radical (unpaired) electrons. The number of aliphatic hydroxyl groups excluding tert-OH is 1. The third-order valence-corrected chi connectivity index (χ3v) is 6.95. The predicted octanol–water partition coefficient (Wildman–Crippen LogP) is 4.03. The third-order valence-electron chi connectivity index (χ3n) is 6.61. The van der Waals surface area contributed by atoms with Crippen molar-refractivity contribution in [3.63, 3.8) is 0 Å². The number of carbonyl (C=O) groups is 1.